The van der Waals surface area contributed by atoms with Gasteiger partial charge in [-0.1, -0.05) is 19.8 Å². The third-order valence-corrected chi connectivity index (χ3v) is 3.95. The van der Waals surface area contributed by atoms with Crippen molar-refractivity contribution in [1.82, 2.24) is 10.2 Å². The summed E-state index contributed by atoms with van der Waals surface area (Å²) in [4.78, 5) is 2.48. The second kappa shape index (κ2) is 6.58. The summed E-state index contributed by atoms with van der Waals surface area (Å²) in [6.45, 7) is 8.74. The lowest BCUT2D eigenvalue weighted by atomic mass is 10.1. The van der Waals surface area contributed by atoms with Gasteiger partial charge in [0.1, 0.15) is 0 Å². The van der Waals surface area contributed by atoms with Crippen LogP contribution in [-0.2, 0) is 4.74 Å². The zero-order chi connectivity index (χ0) is 11.2. The van der Waals surface area contributed by atoms with Gasteiger partial charge in [0.2, 0.25) is 0 Å². The molecular weight excluding hydrogens is 200 g/mol. The standard InChI is InChI=1S/C13H26N2O/c1-2-15-7-8-16-13(11-15)10-14-9-12-5-3-4-6-12/h12-14H,2-11H2,1H3. The molecule has 2 fully saturated rings. The van der Waals surface area contributed by atoms with Crippen LogP contribution in [-0.4, -0.2) is 50.3 Å². The SMILES string of the molecule is CCN1CCOC(CNCC2CCCC2)C1. The molecule has 1 heterocycles. The smallest absolute Gasteiger partial charge is 0.0826 e. The lowest BCUT2D eigenvalue weighted by Crippen LogP contribution is -2.46. The Kier molecular flexibility index (Phi) is 5.07. The number of hydrogen-bond acceptors (Lipinski definition) is 3. The summed E-state index contributed by atoms with van der Waals surface area (Å²) in [5.74, 6) is 0.936. The lowest BCUT2D eigenvalue weighted by molar-refractivity contribution is -0.0254. The highest BCUT2D eigenvalue weighted by atomic mass is 16.5. The first-order valence-corrected chi connectivity index (χ1v) is 6.93. The molecule has 1 aliphatic carbocycles. The van der Waals surface area contributed by atoms with E-state index in [1.54, 1.807) is 0 Å². The molecule has 0 aromatic rings. The molecule has 0 spiro atoms. The van der Waals surface area contributed by atoms with Crippen molar-refractivity contribution in [2.45, 2.75) is 38.7 Å². The molecule has 94 valence electrons. The van der Waals surface area contributed by atoms with Gasteiger partial charge >= 0.3 is 0 Å². The van der Waals surface area contributed by atoms with Gasteiger partial charge in [-0.05, 0) is 31.8 Å². The van der Waals surface area contributed by atoms with Crippen LogP contribution in [0.1, 0.15) is 32.6 Å². The average molecular weight is 226 g/mol. The largest absolute Gasteiger partial charge is 0.374 e. The van der Waals surface area contributed by atoms with Crippen molar-refractivity contribution in [2.24, 2.45) is 5.92 Å². The predicted octanol–water partition coefficient (Wildman–Crippen LogP) is 1.49. The Morgan fingerprint density at radius 3 is 2.81 bits per heavy atom. The van der Waals surface area contributed by atoms with Crippen LogP contribution in [0.5, 0.6) is 0 Å². The maximum absolute atomic E-state index is 5.77. The second-order valence-electron chi connectivity index (χ2n) is 5.19. The zero-order valence-electron chi connectivity index (χ0n) is 10.6. The Labute approximate surface area is 99.5 Å². The van der Waals surface area contributed by atoms with E-state index in [-0.39, 0.29) is 0 Å². The second-order valence-corrected chi connectivity index (χ2v) is 5.19. The number of ether oxygens (including phenoxy) is 1. The molecule has 1 saturated carbocycles. The summed E-state index contributed by atoms with van der Waals surface area (Å²) in [6, 6.07) is 0. The minimum atomic E-state index is 0.412. The van der Waals surface area contributed by atoms with Crippen LogP contribution in [0.2, 0.25) is 0 Å². The Balaban J connectivity index is 1.58. The highest BCUT2D eigenvalue weighted by Gasteiger charge is 2.20. The van der Waals surface area contributed by atoms with Crippen LogP contribution in [0, 0.1) is 5.92 Å². The molecule has 0 radical (unpaired) electrons. The first kappa shape index (κ1) is 12.3. The van der Waals surface area contributed by atoms with Crippen molar-refractivity contribution in [2.75, 3.05) is 39.3 Å². The maximum atomic E-state index is 5.77. The normalized spacial score (nSPS) is 28.7. The van der Waals surface area contributed by atoms with Gasteiger partial charge in [0.15, 0.2) is 0 Å². The van der Waals surface area contributed by atoms with Crippen LogP contribution in [0.3, 0.4) is 0 Å². The molecule has 16 heavy (non-hydrogen) atoms. The third kappa shape index (κ3) is 3.72. The maximum Gasteiger partial charge on any atom is 0.0826 e. The molecule has 2 rings (SSSR count). The first-order chi connectivity index (χ1) is 7.88. The number of morpholine rings is 1. The van der Waals surface area contributed by atoms with Gasteiger partial charge < -0.3 is 10.1 Å². The number of rotatable bonds is 5. The molecule has 2 aliphatic rings. The Morgan fingerprint density at radius 2 is 2.06 bits per heavy atom. The average Bonchev–Trinajstić information content (AvgIpc) is 2.82. The fourth-order valence-corrected chi connectivity index (χ4v) is 2.85. The van der Waals surface area contributed by atoms with Gasteiger partial charge in [0, 0.05) is 19.6 Å². The molecule has 1 unspecified atom stereocenters. The fourth-order valence-electron chi connectivity index (χ4n) is 2.85. The summed E-state index contributed by atoms with van der Waals surface area (Å²) in [5, 5.41) is 3.59. The monoisotopic (exact) mass is 226 g/mol. The highest BCUT2D eigenvalue weighted by molar-refractivity contribution is 4.75. The summed E-state index contributed by atoms with van der Waals surface area (Å²) in [5.41, 5.74) is 0. The fraction of sp³-hybridized carbons (Fsp3) is 1.00. The van der Waals surface area contributed by atoms with Crippen molar-refractivity contribution in [3.63, 3.8) is 0 Å². The predicted molar refractivity (Wildman–Crippen MR) is 66.7 cm³/mol. The van der Waals surface area contributed by atoms with Crippen molar-refractivity contribution in [1.29, 1.82) is 0 Å². The molecule has 1 aliphatic heterocycles. The van der Waals surface area contributed by atoms with Crippen molar-refractivity contribution in [3.8, 4) is 0 Å². The number of nitrogens with zero attached hydrogens (tertiary/aromatic N) is 1. The van der Waals surface area contributed by atoms with E-state index in [1.807, 2.05) is 0 Å². The minimum Gasteiger partial charge on any atom is -0.374 e. The number of likely N-dealkylation sites (N-methyl/N-ethyl adjacent to an activating group) is 1. The Hall–Kier alpha value is -0.120. The van der Waals surface area contributed by atoms with E-state index in [1.165, 1.54) is 32.2 Å². The molecule has 1 saturated heterocycles. The molecule has 3 heteroatoms. The molecule has 0 bridgehead atoms. The van der Waals surface area contributed by atoms with E-state index in [0.29, 0.717) is 6.10 Å². The molecule has 0 amide bonds. The Morgan fingerprint density at radius 1 is 1.25 bits per heavy atom. The van der Waals surface area contributed by atoms with Crippen molar-refractivity contribution in [3.05, 3.63) is 0 Å². The summed E-state index contributed by atoms with van der Waals surface area (Å²) in [6.07, 6.45) is 6.15. The van der Waals surface area contributed by atoms with Gasteiger partial charge in [-0.2, -0.15) is 0 Å². The van der Waals surface area contributed by atoms with Crippen LogP contribution in [0.4, 0.5) is 0 Å². The van der Waals surface area contributed by atoms with Gasteiger partial charge in [-0.25, -0.2) is 0 Å². The van der Waals surface area contributed by atoms with Crippen LogP contribution >= 0.6 is 0 Å². The van der Waals surface area contributed by atoms with E-state index >= 15 is 0 Å². The molecule has 0 aromatic heterocycles. The van der Waals surface area contributed by atoms with Crippen molar-refractivity contribution < 1.29 is 4.74 Å². The van der Waals surface area contributed by atoms with E-state index in [2.05, 4.69) is 17.1 Å². The molecule has 0 aromatic carbocycles. The summed E-state index contributed by atoms with van der Waals surface area (Å²) in [7, 11) is 0. The van der Waals surface area contributed by atoms with Crippen molar-refractivity contribution >= 4 is 0 Å². The van der Waals surface area contributed by atoms with E-state index in [9.17, 15) is 0 Å². The van der Waals surface area contributed by atoms with E-state index in [0.717, 1.165) is 38.7 Å². The van der Waals surface area contributed by atoms with Gasteiger partial charge in [0.05, 0.1) is 12.7 Å². The molecule has 1 atom stereocenters. The summed E-state index contributed by atoms with van der Waals surface area (Å²) >= 11 is 0. The molecular formula is C13H26N2O. The van der Waals surface area contributed by atoms with E-state index in [4.69, 9.17) is 4.74 Å². The van der Waals surface area contributed by atoms with Crippen LogP contribution < -0.4 is 5.32 Å². The van der Waals surface area contributed by atoms with Crippen LogP contribution in [0.25, 0.3) is 0 Å². The van der Waals surface area contributed by atoms with E-state index < -0.39 is 0 Å². The first-order valence-electron chi connectivity index (χ1n) is 6.93. The third-order valence-electron chi connectivity index (χ3n) is 3.95. The van der Waals surface area contributed by atoms with Gasteiger partial charge in [-0.3, -0.25) is 4.90 Å². The summed E-state index contributed by atoms with van der Waals surface area (Å²) < 4.78 is 5.77. The lowest BCUT2D eigenvalue weighted by Gasteiger charge is -2.32. The van der Waals surface area contributed by atoms with Gasteiger partial charge in [0.25, 0.3) is 0 Å². The zero-order valence-corrected chi connectivity index (χ0v) is 10.6. The highest BCUT2D eigenvalue weighted by Crippen LogP contribution is 2.23. The number of hydrogen-bond donors (Lipinski definition) is 1. The van der Waals surface area contributed by atoms with Crippen LogP contribution in [0.15, 0.2) is 0 Å². The topological polar surface area (TPSA) is 24.5 Å². The minimum absolute atomic E-state index is 0.412. The molecule has 3 nitrogen and oxygen atoms in total. The quantitative estimate of drug-likeness (QED) is 0.768. The number of nitrogens with one attached hydrogen (secondary N) is 1. The molecule has 1 N–H and O–H groups in total. The Bertz CT molecular complexity index is 192. The van der Waals surface area contributed by atoms with Gasteiger partial charge in [-0.15, -0.1) is 0 Å².